The summed E-state index contributed by atoms with van der Waals surface area (Å²) in [6, 6.07) is 5.55. The molecule has 1 amide bonds. The fourth-order valence-corrected chi connectivity index (χ4v) is 2.63. The topological polar surface area (TPSA) is 63.2 Å². The summed E-state index contributed by atoms with van der Waals surface area (Å²) in [5.74, 6) is 1.23. The minimum Gasteiger partial charge on any atom is -0.493 e. The standard InChI is InChI=1S/C17H25N3O3/c1-13(14-7-8-15(22-2)16(11-14)23-3)18-19-17(21)12-20-9-5-4-6-10-20/h7-8,11H,4-6,9-10,12H2,1-3H3,(H,19,21)/b18-13-. The molecule has 1 aromatic carbocycles. The van der Waals surface area contributed by atoms with Gasteiger partial charge in [-0.05, 0) is 51.1 Å². The zero-order chi connectivity index (χ0) is 16.7. The molecule has 1 heterocycles. The number of rotatable bonds is 6. The average Bonchev–Trinajstić information content (AvgIpc) is 2.59. The Bertz CT molecular complexity index is 566. The molecule has 6 heteroatoms. The summed E-state index contributed by atoms with van der Waals surface area (Å²) in [5, 5.41) is 4.18. The van der Waals surface area contributed by atoms with Crippen LogP contribution in [0.25, 0.3) is 0 Å². The van der Waals surface area contributed by atoms with Gasteiger partial charge in [-0.1, -0.05) is 6.42 Å². The van der Waals surface area contributed by atoms with Gasteiger partial charge in [0.2, 0.25) is 0 Å². The quantitative estimate of drug-likeness (QED) is 0.644. The molecule has 1 aliphatic rings. The van der Waals surface area contributed by atoms with Crippen molar-refractivity contribution in [3.63, 3.8) is 0 Å². The van der Waals surface area contributed by atoms with E-state index in [4.69, 9.17) is 9.47 Å². The van der Waals surface area contributed by atoms with Gasteiger partial charge in [-0.3, -0.25) is 9.69 Å². The van der Waals surface area contributed by atoms with Gasteiger partial charge in [-0.25, -0.2) is 5.43 Å². The van der Waals surface area contributed by atoms with E-state index in [0.717, 1.165) is 24.4 Å². The number of benzene rings is 1. The second-order valence-electron chi connectivity index (χ2n) is 5.64. The Hall–Kier alpha value is -2.08. The molecule has 1 fully saturated rings. The predicted molar refractivity (Wildman–Crippen MR) is 90.2 cm³/mol. The van der Waals surface area contributed by atoms with E-state index in [1.807, 2.05) is 25.1 Å². The van der Waals surface area contributed by atoms with Crippen LogP contribution in [0, 0.1) is 0 Å². The first-order valence-corrected chi connectivity index (χ1v) is 7.92. The van der Waals surface area contributed by atoms with Crippen molar-refractivity contribution in [1.29, 1.82) is 0 Å². The first-order valence-electron chi connectivity index (χ1n) is 7.92. The third-order valence-electron chi connectivity index (χ3n) is 3.97. The van der Waals surface area contributed by atoms with Crippen LogP contribution in [-0.2, 0) is 4.79 Å². The van der Waals surface area contributed by atoms with Crippen molar-refractivity contribution >= 4 is 11.6 Å². The summed E-state index contributed by atoms with van der Waals surface area (Å²) >= 11 is 0. The van der Waals surface area contributed by atoms with E-state index < -0.39 is 0 Å². The molecule has 2 rings (SSSR count). The maximum absolute atomic E-state index is 12.0. The summed E-state index contributed by atoms with van der Waals surface area (Å²) in [5.41, 5.74) is 4.23. The van der Waals surface area contributed by atoms with E-state index in [9.17, 15) is 4.79 Å². The van der Waals surface area contributed by atoms with E-state index >= 15 is 0 Å². The van der Waals surface area contributed by atoms with Crippen LogP contribution in [-0.4, -0.2) is 50.4 Å². The molecular formula is C17H25N3O3. The van der Waals surface area contributed by atoms with Crippen molar-refractivity contribution in [2.75, 3.05) is 33.9 Å². The normalized spacial score (nSPS) is 16.0. The zero-order valence-electron chi connectivity index (χ0n) is 14.1. The smallest absolute Gasteiger partial charge is 0.254 e. The number of carbonyl (C=O) groups excluding carboxylic acids is 1. The monoisotopic (exact) mass is 319 g/mol. The Morgan fingerprint density at radius 1 is 1.17 bits per heavy atom. The number of hydrazone groups is 1. The largest absolute Gasteiger partial charge is 0.493 e. The van der Waals surface area contributed by atoms with E-state index in [1.165, 1.54) is 19.3 Å². The SMILES string of the molecule is COc1ccc(/C(C)=N\NC(=O)CN2CCCCC2)cc1OC. The summed E-state index contributed by atoms with van der Waals surface area (Å²) in [7, 11) is 3.19. The van der Waals surface area contributed by atoms with Gasteiger partial charge < -0.3 is 9.47 Å². The van der Waals surface area contributed by atoms with Crippen molar-refractivity contribution in [3.8, 4) is 11.5 Å². The van der Waals surface area contributed by atoms with Crippen molar-refractivity contribution in [3.05, 3.63) is 23.8 Å². The van der Waals surface area contributed by atoms with Crippen LogP contribution in [0.5, 0.6) is 11.5 Å². The van der Waals surface area contributed by atoms with Gasteiger partial charge in [-0.15, -0.1) is 0 Å². The number of methoxy groups -OCH3 is 2. The summed E-state index contributed by atoms with van der Waals surface area (Å²) in [4.78, 5) is 14.1. The Kier molecular flexibility index (Phi) is 6.40. The highest BCUT2D eigenvalue weighted by molar-refractivity contribution is 5.99. The number of carbonyl (C=O) groups is 1. The Morgan fingerprint density at radius 3 is 2.52 bits per heavy atom. The number of hydrogen-bond acceptors (Lipinski definition) is 5. The van der Waals surface area contributed by atoms with Crippen LogP contribution >= 0.6 is 0 Å². The second kappa shape index (κ2) is 8.53. The van der Waals surface area contributed by atoms with Crippen molar-refractivity contribution < 1.29 is 14.3 Å². The van der Waals surface area contributed by atoms with Gasteiger partial charge in [-0.2, -0.15) is 5.10 Å². The van der Waals surface area contributed by atoms with Crippen LogP contribution in [0.3, 0.4) is 0 Å². The molecule has 0 unspecified atom stereocenters. The van der Waals surface area contributed by atoms with Gasteiger partial charge >= 0.3 is 0 Å². The van der Waals surface area contributed by atoms with Crippen molar-refractivity contribution in [1.82, 2.24) is 10.3 Å². The molecule has 1 saturated heterocycles. The molecule has 1 aromatic rings. The van der Waals surface area contributed by atoms with E-state index in [-0.39, 0.29) is 5.91 Å². The number of hydrogen-bond donors (Lipinski definition) is 1. The molecule has 0 spiro atoms. The predicted octanol–water partition coefficient (Wildman–Crippen LogP) is 2.03. The molecule has 0 radical (unpaired) electrons. The number of ether oxygens (including phenoxy) is 2. The lowest BCUT2D eigenvalue weighted by atomic mass is 10.1. The highest BCUT2D eigenvalue weighted by atomic mass is 16.5. The fourth-order valence-electron chi connectivity index (χ4n) is 2.63. The lowest BCUT2D eigenvalue weighted by Crippen LogP contribution is -2.38. The summed E-state index contributed by atoms with van der Waals surface area (Å²) < 4.78 is 10.5. The highest BCUT2D eigenvalue weighted by Crippen LogP contribution is 2.27. The average molecular weight is 319 g/mol. The molecule has 0 atom stereocenters. The Labute approximate surface area is 137 Å². The third kappa shape index (κ3) is 4.96. The first-order chi connectivity index (χ1) is 11.1. The maximum atomic E-state index is 12.0. The number of nitrogens with one attached hydrogen (secondary N) is 1. The number of piperidine rings is 1. The van der Waals surface area contributed by atoms with E-state index in [2.05, 4.69) is 15.4 Å². The fraction of sp³-hybridized carbons (Fsp3) is 0.529. The number of amides is 1. The Balaban J connectivity index is 1.94. The minimum absolute atomic E-state index is 0.0771. The van der Waals surface area contributed by atoms with Gasteiger partial charge in [0.05, 0.1) is 26.5 Å². The highest BCUT2D eigenvalue weighted by Gasteiger charge is 2.13. The lowest BCUT2D eigenvalue weighted by molar-refractivity contribution is -0.122. The zero-order valence-corrected chi connectivity index (χ0v) is 14.1. The molecule has 1 N–H and O–H groups in total. The van der Waals surface area contributed by atoms with Crippen LogP contribution in [0.2, 0.25) is 0 Å². The van der Waals surface area contributed by atoms with Crippen LogP contribution in [0.15, 0.2) is 23.3 Å². The molecule has 1 aliphatic heterocycles. The molecule has 6 nitrogen and oxygen atoms in total. The summed E-state index contributed by atoms with van der Waals surface area (Å²) in [6.07, 6.45) is 3.59. The molecule has 23 heavy (non-hydrogen) atoms. The number of nitrogens with zero attached hydrogens (tertiary/aromatic N) is 2. The van der Waals surface area contributed by atoms with Gasteiger partial charge in [0.15, 0.2) is 11.5 Å². The maximum Gasteiger partial charge on any atom is 0.254 e. The van der Waals surface area contributed by atoms with Gasteiger partial charge in [0.1, 0.15) is 0 Å². The van der Waals surface area contributed by atoms with Crippen LogP contribution in [0.1, 0.15) is 31.7 Å². The third-order valence-corrected chi connectivity index (χ3v) is 3.97. The molecule has 0 bridgehead atoms. The second-order valence-corrected chi connectivity index (χ2v) is 5.64. The first kappa shape index (κ1) is 17.3. The molecule has 0 aliphatic carbocycles. The van der Waals surface area contributed by atoms with E-state index in [1.54, 1.807) is 14.2 Å². The van der Waals surface area contributed by atoms with Gasteiger partial charge in [0.25, 0.3) is 5.91 Å². The lowest BCUT2D eigenvalue weighted by Gasteiger charge is -2.25. The molecule has 0 saturated carbocycles. The van der Waals surface area contributed by atoms with Gasteiger partial charge in [0, 0.05) is 5.56 Å². The van der Waals surface area contributed by atoms with Crippen molar-refractivity contribution in [2.45, 2.75) is 26.2 Å². The van der Waals surface area contributed by atoms with Crippen molar-refractivity contribution in [2.24, 2.45) is 5.10 Å². The van der Waals surface area contributed by atoms with E-state index in [0.29, 0.717) is 18.0 Å². The minimum atomic E-state index is -0.0771. The number of likely N-dealkylation sites (tertiary alicyclic amines) is 1. The van der Waals surface area contributed by atoms with Crippen LogP contribution in [0.4, 0.5) is 0 Å². The Morgan fingerprint density at radius 2 is 1.87 bits per heavy atom. The molecular weight excluding hydrogens is 294 g/mol. The van der Waals surface area contributed by atoms with Crippen LogP contribution < -0.4 is 14.9 Å². The molecule has 126 valence electrons. The molecule has 0 aromatic heterocycles. The summed E-state index contributed by atoms with van der Waals surface area (Å²) in [6.45, 7) is 4.24.